The monoisotopic (exact) mass is 357 g/mol. The van der Waals surface area contributed by atoms with Crippen LogP contribution in [0.5, 0.6) is 5.75 Å². The van der Waals surface area contributed by atoms with E-state index in [4.69, 9.17) is 9.47 Å². The second kappa shape index (κ2) is 7.77. The van der Waals surface area contributed by atoms with Gasteiger partial charge in [-0.2, -0.15) is 0 Å². The van der Waals surface area contributed by atoms with Crippen LogP contribution in [0.25, 0.3) is 0 Å². The highest BCUT2D eigenvalue weighted by Crippen LogP contribution is 2.28. The highest BCUT2D eigenvalue weighted by molar-refractivity contribution is 9.10. The molecular formula is C15H20BrNO4. The summed E-state index contributed by atoms with van der Waals surface area (Å²) in [5.41, 5.74) is 0.656. The lowest BCUT2D eigenvalue weighted by molar-refractivity contribution is -0.124. The van der Waals surface area contributed by atoms with Crippen molar-refractivity contribution >= 4 is 21.8 Å². The fourth-order valence-corrected chi connectivity index (χ4v) is 2.61. The van der Waals surface area contributed by atoms with Crippen LogP contribution in [0.4, 0.5) is 0 Å². The van der Waals surface area contributed by atoms with Crippen LogP contribution >= 0.6 is 15.9 Å². The molecule has 0 aliphatic carbocycles. The van der Waals surface area contributed by atoms with E-state index < -0.39 is 6.10 Å². The zero-order chi connectivity index (χ0) is 15.2. The number of carbonyl (C=O) groups is 1. The number of ether oxygens (including phenoxy) is 2. The standard InChI is InChI=1S/C15H20BrNO4/c1-10(18)13-8-11(16)2-3-14(13)21-9-15(19)17-12-4-6-20-7-5-12/h2-3,8,10,12,18H,4-7,9H2,1H3,(H,17,19)/t10-/m1/s1. The van der Waals surface area contributed by atoms with Crippen LogP contribution in [0.1, 0.15) is 31.4 Å². The molecule has 6 heteroatoms. The molecule has 5 nitrogen and oxygen atoms in total. The van der Waals surface area contributed by atoms with Crippen molar-refractivity contribution in [3.63, 3.8) is 0 Å². The van der Waals surface area contributed by atoms with Crippen LogP contribution in [-0.2, 0) is 9.53 Å². The topological polar surface area (TPSA) is 67.8 Å². The summed E-state index contributed by atoms with van der Waals surface area (Å²) in [6.45, 7) is 2.98. The van der Waals surface area contributed by atoms with Crippen molar-refractivity contribution in [2.24, 2.45) is 0 Å². The first-order valence-corrected chi connectivity index (χ1v) is 7.83. The highest BCUT2D eigenvalue weighted by Gasteiger charge is 2.17. The van der Waals surface area contributed by atoms with E-state index in [1.165, 1.54) is 0 Å². The Bertz CT molecular complexity index is 487. The van der Waals surface area contributed by atoms with Gasteiger partial charge in [-0.1, -0.05) is 15.9 Å². The Hall–Kier alpha value is -1.11. The fraction of sp³-hybridized carbons (Fsp3) is 0.533. The SMILES string of the molecule is C[C@@H](O)c1cc(Br)ccc1OCC(=O)NC1CCOCC1. The minimum Gasteiger partial charge on any atom is -0.483 e. The lowest BCUT2D eigenvalue weighted by Crippen LogP contribution is -2.41. The number of nitrogens with one attached hydrogen (secondary N) is 1. The molecule has 1 aliphatic rings. The van der Waals surface area contributed by atoms with Crippen molar-refractivity contribution < 1.29 is 19.4 Å². The molecule has 1 aromatic carbocycles. The van der Waals surface area contributed by atoms with Gasteiger partial charge in [-0.15, -0.1) is 0 Å². The van der Waals surface area contributed by atoms with Gasteiger partial charge >= 0.3 is 0 Å². The van der Waals surface area contributed by atoms with Gasteiger partial charge in [0, 0.05) is 29.3 Å². The largest absolute Gasteiger partial charge is 0.483 e. The molecular weight excluding hydrogens is 338 g/mol. The van der Waals surface area contributed by atoms with E-state index in [1.807, 2.05) is 6.07 Å². The second-order valence-corrected chi connectivity index (χ2v) is 6.02. The molecule has 116 valence electrons. The van der Waals surface area contributed by atoms with Gasteiger partial charge < -0.3 is 19.9 Å². The molecule has 0 saturated carbocycles. The molecule has 0 unspecified atom stereocenters. The van der Waals surface area contributed by atoms with E-state index in [9.17, 15) is 9.90 Å². The molecule has 1 saturated heterocycles. The minimum absolute atomic E-state index is 0.0568. The van der Waals surface area contributed by atoms with Crippen LogP contribution < -0.4 is 10.1 Å². The van der Waals surface area contributed by atoms with Crippen molar-refractivity contribution in [2.45, 2.75) is 31.9 Å². The van der Waals surface area contributed by atoms with Gasteiger partial charge in [0.15, 0.2) is 6.61 Å². The molecule has 0 aromatic heterocycles. The second-order valence-electron chi connectivity index (χ2n) is 5.10. The summed E-state index contributed by atoms with van der Waals surface area (Å²) < 4.78 is 11.6. The average molecular weight is 358 g/mol. The average Bonchev–Trinajstić information content (AvgIpc) is 2.47. The Labute approximate surface area is 132 Å². The predicted octanol–water partition coefficient (Wildman–Crippen LogP) is 2.18. The molecule has 1 fully saturated rings. The Morgan fingerprint density at radius 2 is 2.24 bits per heavy atom. The Kier molecular flexibility index (Phi) is 6.02. The predicted molar refractivity (Wildman–Crippen MR) is 82.3 cm³/mol. The summed E-state index contributed by atoms with van der Waals surface area (Å²) in [7, 11) is 0. The van der Waals surface area contributed by atoms with Gasteiger partial charge in [0.25, 0.3) is 5.91 Å². The van der Waals surface area contributed by atoms with E-state index in [-0.39, 0.29) is 18.6 Å². The molecule has 1 heterocycles. The Morgan fingerprint density at radius 1 is 1.52 bits per heavy atom. The lowest BCUT2D eigenvalue weighted by Gasteiger charge is -2.23. The molecule has 2 N–H and O–H groups in total. The first-order chi connectivity index (χ1) is 10.1. The van der Waals surface area contributed by atoms with Crippen molar-refractivity contribution in [3.8, 4) is 5.75 Å². The molecule has 2 rings (SSSR count). The third-order valence-electron chi connectivity index (χ3n) is 3.37. The smallest absolute Gasteiger partial charge is 0.258 e. The normalized spacial score (nSPS) is 17.3. The maximum atomic E-state index is 11.9. The highest BCUT2D eigenvalue weighted by atomic mass is 79.9. The number of carbonyl (C=O) groups excluding carboxylic acids is 1. The van der Waals surface area contributed by atoms with E-state index in [0.717, 1.165) is 17.3 Å². The first-order valence-electron chi connectivity index (χ1n) is 7.03. The molecule has 1 aromatic rings. The number of rotatable bonds is 5. The van der Waals surface area contributed by atoms with Gasteiger partial charge in [0.05, 0.1) is 6.10 Å². The summed E-state index contributed by atoms with van der Waals surface area (Å²) >= 11 is 3.35. The van der Waals surface area contributed by atoms with Crippen LogP contribution in [0, 0.1) is 0 Å². The van der Waals surface area contributed by atoms with Gasteiger partial charge in [-0.3, -0.25) is 4.79 Å². The molecule has 1 amide bonds. The quantitative estimate of drug-likeness (QED) is 0.847. The van der Waals surface area contributed by atoms with Gasteiger partial charge in [-0.25, -0.2) is 0 Å². The summed E-state index contributed by atoms with van der Waals surface area (Å²) in [5, 5.41) is 12.7. The van der Waals surface area contributed by atoms with Gasteiger partial charge in [0.2, 0.25) is 0 Å². The maximum Gasteiger partial charge on any atom is 0.258 e. The summed E-state index contributed by atoms with van der Waals surface area (Å²) in [6.07, 6.45) is 1.02. The number of aliphatic hydroxyl groups is 1. The molecule has 0 radical (unpaired) electrons. The number of hydrogen-bond acceptors (Lipinski definition) is 4. The zero-order valence-electron chi connectivity index (χ0n) is 12.0. The number of halogens is 1. The number of amides is 1. The van der Waals surface area contributed by atoms with E-state index in [1.54, 1.807) is 19.1 Å². The third-order valence-corrected chi connectivity index (χ3v) is 3.86. The number of benzene rings is 1. The summed E-state index contributed by atoms with van der Waals surface area (Å²) in [6, 6.07) is 5.51. The lowest BCUT2D eigenvalue weighted by atomic mass is 10.1. The third kappa shape index (κ3) is 4.98. The molecule has 1 atom stereocenters. The molecule has 1 aliphatic heterocycles. The summed E-state index contributed by atoms with van der Waals surface area (Å²) in [4.78, 5) is 11.9. The molecule has 21 heavy (non-hydrogen) atoms. The van der Waals surface area contributed by atoms with Crippen LogP contribution in [-0.4, -0.2) is 36.9 Å². The van der Waals surface area contributed by atoms with Crippen molar-refractivity contribution in [2.75, 3.05) is 19.8 Å². The van der Waals surface area contributed by atoms with Crippen molar-refractivity contribution in [3.05, 3.63) is 28.2 Å². The van der Waals surface area contributed by atoms with E-state index in [2.05, 4.69) is 21.2 Å². The van der Waals surface area contributed by atoms with Gasteiger partial charge in [-0.05, 0) is 38.0 Å². The van der Waals surface area contributed by atoms with E-state index >= 15 is 0 Å². The first kappa shape index (κ1) is 16.3. The molecule has 0 spiro atoms. The Balaban J connectivity index is 1.88. The maximum absolute atomic E-state index is 11.9. The number of aliphatic hydroxyl groups excluding tert-OH is 1. The van der Waals surface area contributed by atoms with Crippen LogP contribution in [0.3, 0.4) is 0 Å². The van der Waals surface area contributed by atoms with Crippen LogP contribution in [0.15, 0.2) is 22.7 Å². The van der Waals surface area contributed by atoms with Crippen molar-refractivity contribution in [1.29, 1.82) is 0 Å². The number of hydrogen-bond donors (Lipinski definition) is 2. The summed E-state index contributed by atoms with van der Waals surface area (Å²) in [5.74, 6) is 0.372. The van der Waals surface area contributed by atoms with E-state index in [0.29, 0.717) is 24.5 Å². The fourth-order valence-electron chi connectivity index (χ4n) is 2.23. The minimum atomic E-state index is -0.656. The van der Waals surface area contributed by atoms with Crippen molar-refractivity contribution in [1.82, 2.24) is 5.32 Å². The zero-order valence-corrected chi connectivity index (χ0v) is 13.6. The van der Waals surface area contributed by atoms with Crippen LogP contribution in [0.2, 0.25) is 0 Å². The van der Waals surface area contributed by atoms with Gasteiger partial charge in [0.1, 0.15) is 5.75 Å². The Morgan fingerprint density at radius 3 is 2.90 bits per heavy atom. The molecule has 0 bridgehead atoms.